The van der Waals surface area contributed by atoms with Gasteiger partial charge >= 0.3 is 6.18 Å². The van der Waals surface area contributed by atoms with Crippen LogP contribution in [0, 0.1) is 29.1 Å². The Morgan fingerprint density at radius 1 is 0.696 bits per heavy atom. The van der Waals surface area contributed by atoms with Crippen LogP contribution in [0.3, 0.4) is 0 Å². The number of halogens is 8. The van der Waals surface area contributed by atoms with Crippen LogP contribution in [-0.4, -0.2) is 6.18 Å². The van der Waals surface area contributed by atoms with E-state index in [-0.39, 0.29) is 0 Å². The van der Waals surface area contributed by atoms with Gasteiger partial charge in [-0.1, -0.05) is 30.3 Å². The third-order valence-corrected chi connectivity index (χ3v) is 2.80. The molecule has 124 valence electrons. The van der Waals surface area contributed by atoms with Crippen molar-refractivity contribution >= 4 is 0 Å². The summed E-state index contributed by atoms with van der Waals surface area (Å²) in [5.74, 6) is -14.2. The van der Waals surface area contributed by atoms with Crippen LogP contribution < -0.4 is 4.74 Å². The topological polar surface area (TPSA) is 9.23 Å². The molecule has 0 saturated heterocycles. The number of alkyl halides is 3. The molecule has 2 rings (SSSR count). The summed E-state index contributed by atoms with van der Waals surface area (Å²) in [6.45, 7) is 0. The Balaban J connectivity index is 2.55. The Bertz CT molecular complexity index is 682. The van der Waals surface area contributed by atoms with Crippen LogP contribution in [0.1, 0.15) is 11.7 Å². The summed E-state index contributed by atoms with van der Waals surface area (Å²) in [4.78, 5) is 0. The molecular weight excluding hydrogens is 336 g/mol. The second-order valence-corrected chi connectivity index (χ2v) is 4.35. The van der Waals surface area contributed by atoms with Gasteiger partial charge in [0.2, 0.25) is 35.2 Å². The number of hydrogen-bond acceptors (Lipinski definition) is 1. The zero-order valence-corrected chi connectivity index (χ0v) is 10.9. The van der Waals surface area contributed by atoms with E-state index in [1.807, 2.05) is 0 Å². The number of benzene rings is 2. The van der Waals surface area contributed by atoms with Gasteiger partial charge in [0.15, 0.2) is 5.75 Å². The minimum absolute atomic E-state index is 0.566. The fourth-order valence-electron chi connectivity index (χ4n) is 1.76. The van der Waals surface area contributed by atoms with Gasteiger partial charge in [0.1, 0.15) is 0 Å². The zero-order valence-electron chi connectivity index (χ0n) is 10.9. The Morgan fingerprint density at radius 3 is 1.57 bits per heavy atom. The molecule has 0 heterocycles. The molecular formula is C14H6F8O. The van der Waals surface area contributed by atoms with Crippen molar-refractivity contribution < 1.29 is 39.9 Å². The molecule has 0 aliphatic rings. The average molecular weight is 342 g/mol. The van der Waals surface area contributed by atoms with Crippen molar-refractivity contribution in [3.63, 3.8) is 0 Å². The molecule has 0 aromatic heterocycles. The fraction of sp³-hybridized carbons (Fsp3) is 0.143. The Kier molecular flexibility index (Phi) is 4.49. The average Bonchev–Trinajstić information content (AvgIpc) is 2.51. The highest BCUT2D eigenvalue weighted by Crippen LogP contribution is 2.39. The molecule has 0 N–H and O–H groups in total. The SMILES string of the molecule is Fc1c(F)c(F)c(O[C@H](c2ccccc2)C(F)(F)F)c(F)c1F. The predicted molar refractivity (Wildman–Crippen MR) is 62.1 cm³/mol. The molecule has 0 bridgehead atoms. The van der Waals surface area contributed by atoms with Gasteiger partial charge in [-0.3, -0.25) is 0 Å². The molecule has 0 radical (unpaired) electrons. The van der Waals surface area contributed by atoms with E-state index < -0.39 is 52.7 Å². The first kappa shape index (κ1) is 17.0. The van der Waals surface area contributed by atoms with Crippen LogP contribution in [0.4, 0.5) is 35.1 Å². The summed E-state index contributed by atoms with van der Waals surface area (Å²) in [5, 5.41) is 0. The number of hydrogen-bond donors (Lipinski definition) is 0. The predicted octanol–water partition coefficient (Wildman–Crippen LogP) is 5.06. The third kappa shape index (κ3) is 3.22. The van der Waals surface area contributed by atoms with E-state index in [2.05, 4.69) is 4.74 Å². The molecule has 0 aliphatic carbocycles. The summed E-state index contributed by atoms with van der Waals surface area (Å²) >= 11 is 0. The molecule has 0 saturated carbocycles. The normalized spacial score (nSPS) is 13.0. The second-order valence-electron chi connectivity index (χ2n) is 4.35. The van der Waals surface area contributed by atoms with Gasteiger partial charge in [-0.2, -0.15) is 22.0 Å². The van der Waals surface area contributed by atoms with E-state index in [1.165, 1.54) is 18.2 Å². The summed E-state index contributed by atoms with van der Waals surface area (Å²) in [6.07, 6.45) is -8.06. The summed E-state index contributed by atoms with van der Waals surface area (Å²) < 4.78 is 109. The van der Waals surface area contributed by atoms with Crippen LogP contribution >= 0.6 is 0 Å². The summed E-state index contributed by atoms with van der Waals surface area (Å²) in [5.41, 5.74) is -0.566. The third-order valence-electron chi connectivity index (χ3n) is 2.80. The van der Waals surface area contributed by atoms with Gasteiger partial charge in [-0.05, 0) is 0 Å². The maximum Gasteiger partial charge on any atom is 0.429 e. The van der Waals surface area contributed by atoms with E-state index in [1.54, 1.807) is 0 Å². The van der Waals surface area contributed by atoms with Crippen LogP contribution in [0.25, 0.3) is 0 Å². The highest BCUT2D eigenvalue weighted by Gasteiger charge is 2.44. The van der Waals surface area contributed by atoms with Crippen LogP contribution in [0.2, 0.25) is 0 Å². The maximum atomic E-state index is 13.5. The highest BCUT2D eigenvalue weighted by molar-refractivity contribution is 5.31. The van der Waals surface area contributed by atoms with Gasteiger partial charge in [-0.15, -0.1) is 0 Å². The van der Waals surface area contributed by atoms with Crippen molar-refractivity contribution in [1.82, 2.24) is 0 Å². The lowest BCUT2D eigenvalue weighted by atomic mass is 10.1. The molecule has 0 unspecified atom stereocenters. The van der Waals surface area contributed by atoms with Crippen LogP contribution in [-0.2, 0) is 0 Å². The summed E-state index contributed by atoms with van der Waals surface area (Å²) in [7, 11) is 0. The molecule has 0 fully saturated rings. The first-order chi connectivity index (χ1) is 10.6. The van der Waals surface area contributed by atoms with Crippen molar-refractivity contribution in [2.75, 3.05) is 0 Å². The molecule has 2 aromatic carbocycles. The van der Waals surface area contributed by atoms with Crippen LogP contribution in [0.15, 0.2) is 30.3 Å². The van der Waals surface area contributed by atoms with Gasteiger partial charge in [0.05, 0.1) is 0 Å². The fourth-order valence-corrected chi connectivity index (χ4v) is 1.76. The minimum Gasteiger partial charge on any atom is -0.470 e. The standard InChI is InChI=1S/C14H6F8O/c15-7-8(16)10(18)12(11(19)9(7)17)23-13(14(20,21)22)6-4-2-1-3-5-6/h1-5,13H/t13-/m1/s1. The van der Waals surface area contributed by atoms with Crippen molar-refractivity contribution in [2.45, 2.75) is 12.3 Å². The van der Waals surface area contributed by atoms with E-state index in [0.29, 0.717) is 0 Å². The van der Waals surface area contributed by atoms with Crippen molar-refractivity contribution in [3.8, 4) is 5.75 Å². The Labute approximate surface area is 124 Å². The quantitative estimate of drug-likeness (QED) is 0.430. The maximum absolute atomic E-state index is 13.5. The van der Waals surface area contributed by atoms with E-state index in [9.17, 15) is 35.1 Å². The lowest BCUT2D eigenvalue weighted by Gasteiger charge is -2.22. The van der Waals surface area contributed by atoms with Gasteiger partial charge in [-0.25, -0.2) is 13.2 Å². The Morgan fingerprint density at radius 2 is 1.13 bits per heavy atom. The lowest BCUT2D eigenvalue weighted by molar-refractivity contribution is -0.199. The largest absolute Gasteiger partial charge is 0.470 e. The van der Waals surface area contributed by atoms with Crippen LogP contribution in [0.5, 0.6) is 5.75 Å². The number of rotatable bonds is 3. The smallest absolute Gasteiger partial charge is 0.429 e. The summed E-state index contributed by atoms with van der Waals surface area (Å²) in [6, 6.07) is 5.62. The van der Waals surface area contributed by atoms with E-state index in [0.717, 1.165) is 12.1 Å². The van der Waals surface area contributed by atoms with Crippen molar-refractivity contribution in [2.24, 2.45) is 0 Å². The first-order valence-corrected chi connectivity index (χ1v) is 5.94. The molecule has 0 aliphatic heterocycles. The highest BCUT2D eigenvalue weighted by atomic mass is 19.4. The van der Waals surface area contributed by atoms with Gasteiger partial charge < -0.3 is 4.74 Å². The molecule has 23 heavy (non-hydrogen) atoms. The van der Waals surface area contributed by atoms with Gasteiger partial charge in [0.25, 0.3) is 0 Å². The van der Waals surface area contributed by atoms with Crippen molar-refractivity contribution in [1.29, 1.82) is 0 Å². The number of ether oxygens (including phenoxy) is 1. The second kappa shape index (κ2) is 6.05. The lowest BCUT2D eigenvalue weighted by Crippen LogP contribution is -2.27. The molecule has 1 atom stereocenters. The van der Waals surface area contributed by atoms with Crippen molar-refractivity contribution in [3.05, 3.63) is 65.0 Å². The van der Waals surface area contributed by atoms with E-state index in [4.69, 9.17) is 0 Å². The first-order valence-electron chi connectivity index (χ1n) is 5.94. The molecule has 0 amide bonds. The minimum atomic E-state index is -5.15. The molecule has 2 aromatic rings. The Hall–Kier alpha value is -2.32. The van der Waals surface area contributed by atoms with E-state index >= 15 is 0 Å². The molecule has 9 heteroatoms. The monoisotopic (exact) mass is 342 g/mol. The van der Waals surface area contributed by atoms with Gasteiger partial charge in [0, 0.05) is 5.56 Å². The zero-order chi connectivity index (χ0) is 17.4. The molecule has 1 nitrogen and oxygen atoms in total. The molecule has 0 spiro atoms.